The standard InChI is InChI=1S/C19H35NO7Si/c1-6-15(25-13-23-11-12-28(3,4)5)18-17(14(2)21)20(19(22)26-18)27-16-9-7-8-10-24-16/h6,14-18,21H,1,7-13H2,2-5H3/t14-,15+,16?,17-,18-/m1/s1. The molecule has 2 fully saturated rings. The van der Waals surface area contributed by atoms with Crippen LogP contribution < -0.4 is 0 Å². The van der Waals surface area contributed by atoms with Crippen molar-refractivity contribution in [2.75, 3.05) is 20.0 Å². The Hall–Kier alpha value is -0.973. The summed E-state index contributed by atoms with van der Waals surface area (Å²) in [6, 6.07) is 0.301. The van der Waals surface area contributed by atoms with E-state index in [0.717, 1.165) is 23.9 Å². The number of amides is 1. The first kappa shape index (κ1) is 23.3. The van der Waals surface area contributed by atoms with Gasteiger partial charge in [-0.25, -0.2) is 9.63 Å². The van der Waals surface area contributed by atoms with Crippen LogP contribution in [0.4, 0.5) is 4.79 Å². The number of hydroxylamine groups is 2. The van der Waals surface area contributed by atoms with Gasteiger partial charge in [-0.1, -0.05) is 25.7 Å². The van der Waals surface area contributed by atoms with Crippen LogP contribution in [0, 0.1) is 0 Å². The molecule has 162 valence electrons. The van der Waals surface area contributed by atoms with Gasteiger partial charge >= 0.3 is 6.09 Å². The van der Waals surface area contributed by atoms with Gasteiger partial charge in [0, 0.05) is 27.7 Å². The van der Waals surface area contributed by atoms with E-state index in [2.05, 4.69) is 26.2 Å². The fourth-order valence-corrected chi connectivity index (χ4v) is 3.88. The highest BCUT2D eigenvalue weighted by atomic mass is 28.3. The van der Waals surface area contributed by atoms with Gasteiger partial charge in [-0.2, -0.15) is 5.06 Å². The quantitative estimate of drug-likeness (QED) is 0.239. The SMILES string of the molecule is C=C[C@H](OCOCC[Si](C)(C)C)[C@H]1OC(=O)N(OC2CCCCO2)[C@@H]1[C@@H](C)O. The fourth-order valence-electron chi connectivity index (χ4n) is 3.12. The summed E-state index contributed by atoms with van der Waals surface area (Å²) in [5, 5.41) is 11.4. The number of hydrogen-bond donors (Lipinski definition) is 1. The molecular weight excluding hydrogens is 382 g/mol. The topological polar surface area (TPSA) is 86.7 Å². The monoisotopic (exact) mass is 417 g/mol. The number of nitrogens with zero attached hydrogens (tertiary/aromatic N) is 1. The summed E-state index contributed by atoms with van der Waals surface area (Å²) in [5.41, 5.74) is 0. The van der Waals surface area contributed by atoms with Gasteiger partial charge in [0.25, 0.3) is 0 Å². The van der Waals surface area contributed by atoms with E-state index < -0.39 is 44.8 Å². The zero-order valence-corrected chi connectivity index (χ0v) is 18.5. The second kappa shape index (κ2) is 10.7. The van der Waals surface area contributed by atoms with Crippen molar-refractivity contribution in [2.24, 2.45) is 0 Å². The number of aliphatic hydroxyl groups excluding tert-OH is 1. The van der Waals surface area contributed by atoms with Crippen LogP contribution >= 0.6 is 0 Å². The molecule has 1 amide bonds. The molecule has 0 aromatic carbocycles. The molecular formula is C19H35NO7Si. The summed E-state index contributed by atoms with van der Waals surface area (Å²) in [5.74, 6) is 0. The van der Waals surface area contributed by atoms with E-state index in [1.165, 1.54) is 0 Å². The van der Waals surface area contributed by atoms with Crippen LogP contribution in [0.3, 0.4) is 0 Å². The largest absolute Gasteiger partial charge is 0.439 e. The molecule has 2 rings (SSSR count). The van der Waals surface area contributed by atoms with E-state index in [1.807, 2.05) is 0 Å². The zero-order chi connectivity index (χ0) is 20.7. The second-order valence-electron chi connectivity index (χ2n) is 8.51. The van der Waals surface area contributed by atoms with Crippen molar-refractivity contribution in [3.8, 4) is 0 Å². The Labute approximate surface area is 168 Å². The Balaban J connectivity index is 1.93. The van der Waals surface area contributed by atoms with Gasteiger partial charge in [0.05, 0.1) is 6.10 Å². The average molecular weight is 418 g/mol. The Morgan fingerprint density at radius 3 is 2.71 bits per heavy atom. The minimum atomic E-state index is -1.17. The molecule has 0 bridgehead atoms. The lowest BCUT2D eigenvalue weighted by molar-refractivity contribution is -0.281. The molecule has 9 heteroatoms. The number of carbonyl (C=O) groups is 1. The fraction of sp³-hybridized carbons (Fsp3) is 0.842. The molecule has 5 atom stereocenters. The molecule has 0 saturated carbocycles. The summed E-state index contributed by atoms with van der Waals surface area (Å²) >= 11 is 0. The predicted molar refractivity (Wildman–Crippen MR) is 106 cm³/mol. The summed E-state index contributed by atoms with van der Waals surface area (Å²) in [7, 11) is -1.17. The molecule has 1 unspecified atom stereocenters. The van der Waals surface area contributed by atoms with E-state index in [9.17, 15) is 9.90 Å². The van der Waals surface area contributed by atoms with E-state index in [-0.39, 0.29) is 6.79 Å². The van der Waals surface area contributed by atoms with Crippen molar-refractivity contribution >= 4 is 14.2 Å². The van der Waals surface area contributed by atoms with E-state index >= 15 is 0 Å². The summed E-state index contributed by atoms with van der Waals surface area (Å²) in [6.07, 6.45) is 0.711. The molecule has 0 aromatic heterocycles. The Morgan fingerprint density at radius 2 is 2.14 bits per heavy atom. The number of carbonyl (C=O) groups excluding carboxylic acids is 1. The lowest BCUT2D eigenvalue weighted by atomic mass is 10.0. The van der Waals surface area contributed by atoms with Gasteiger partial charge in [-0.3, -0.25) is 0 Å². The Bertz CT molecular complexity index is 505. The molecule has 1 N–H and O–H groups in total. The van der Waals surface area contributed by atoms with Crippen LogP contribution in [-0.4, -0.2) is 75.0 Å². The molecule has 28 heavy (non-hydrogen) atoms. The van der Waals surface area contributed by atoms with Gasteiger partial charge in [-0.05, 0) is 25.8 Å². The molecule has 0 aliphatic carbocycles. The number of aliphatic hydroxyl groups is 1. The van der Waals surface area contributed by atoms with E-state index in [4.69, 9.17) is 23.8 Å². The smallest absolute Gasteiger partial charge is 0.435 e. The molecule has 0 radical (unpaired) electrons. The lowest BCUT2D eigenvalue weighted by Crippen LogP contribution is -2.50. The van der Waals surface area contributed by atoms with Crippen LogP contribution in [0.15, 0.2) is 12.7 Å². The number of hydrogen-bond acceptors (Lipinski definition) is 7. The molecule has 2 aliphatic rings. The summed E-state index contributed by atoms with van der Waals surface area (Å²) < 4.78 is 22.3. The van der Waals surface area contributed by atoms with Gasteiger partial charge in [0.2, 0.25) is 0 Å². The number of rotatable bonds is 11. The predicted octanol–water partition coefficient (Wildman–Crippen LogP) is 2.90. The minimum Gasteiger partial charge on any atom is -0.439 e. The highest BCUT2D eigenvalue weighted by Crippen LogP contribution is 2.29. The first-order valence-electron chi connectivity index (χ1n) is 10.0. The Kier molecular flexibility index (Phi) is 8.91. The van der Waals surface area contributed by atoms with Gasteiger partial charge in [0.1, 0.15) is 18.9 Å². The third-order valence-electron chi connectivity index (χ3n) is 4.78. The highest BCUT2D eigenvalue weighted by Gasteiger charge is 2.50. The van der Waals surface area contributed by atoms with Crippen LogP contribution in [0.25, 0.3) is 0 Å². The molecule has 2 aliphatic heterocycles. The van der Waals surface area contributed by atoms with Crippen molar-refractivity contribution in [3.63, 3.8) is 0 Å². The lowest BCUT2D eigenvalue weighted by Gasteiger charge is -2.32. The maximum Gasteiger partial charge on any atom is 0.435 e. The maximum absolute atomic E-state index is 12.4. The van der Waals surface area contributed by atoms with Crippen molar-refractivity contribution in [2.45, 2.75) is 82.5 Å². The molecule has 0 aromatic rings. The summed E-state index contributed by atoms with van der Waals surface area (Å²) in [6.45, 7) is 13.5. The molecule has 0 spiro atoms. The normalized spacial score (nSPS) is 28.1. The van der Waals surface area contributed by atoms with E-state index in [0.29, 0.717) is 19.6 Å². The van der Waals surface area contributed by atoms with Crippen molar-refractivity contribution in [1.82, 2.24) is 5.06 Å². The highest BCUT2D eigenvalue weighted by molar-refractivity contribution is 6.76. The van der Waals surface area contributed by atoms with Crippen LogP contribution in [0.2, 0.25) is 25.7 Å². The van der Waals surface area contributed by atoms with Crippen LogP contribution in [0.5, 0.6) is 0 Å². The third-order valence-corrected chi connectivity index (χ3v) is 6.49. The number of ether oxygens (including phenoxy) is 4. The third kappa shape index (κ3) is 6.82. The molecule has 2 saturated heterocycles. The number of cyclic esters (lactones) is 1. The maximum atomic E-state index is 12.4. The van der Waals surface area contributed by atoms with Crippen molar-refractivity contribution in [3.05, 3.63) is 12.7 Å². The van der Waals surface area contributed by atoms with Crippen LogP contribution in [0.1, 0.15) is 26.2 Å². The molecule has 8 nitrogen and oxygen atoms in total. The first-order valence-corrected chi connectivity index (χ1v) is 13.7. The summed E-state index contributed by atoms with van der Waals surface area (Å²) in [4.78, 5) is 18.1. The molecule has 2 heterocycles. The second-order valence-corrected chi connectivity index (χ2v) is 14.1. The van der Waals surface area contributed by atoms with Gasteiger partial charge < -0.3 is 24.1 Å². The minimum absolute atomic E-state index is 0.0638. The zero-order valence-electron chi connectivity index (χ0n) is 17.5. The van der Waals surface area contributed by atoms with Crippen molar-refractivity contribution < 1.29 is 33.7 Å². The van der Waals surface area contributed by atoms with Crippen molar-refractivity contribution in [1.29, 1.82) is 0 Å². The van der Waals surface area contributed by atoms with Crippen LogP contribution in [-0.2, 0) is 23.8 Å². The van der Waals surface area contributed by atoms with E-state index in [1.54, 1.807) is 13.0 Å². The Morgan fingerprint density at radius 1 is 1.39 bits per heavy atom. The van der Waals surface area contributed by atoms with Gasteiger partial charge in [0.15, 0.2) is 12.4 Å². The average Bonchev–Trinajstić information content (AvgIpc) is 2.94. The van der Waals surface area contributed by atoms with Gasteiger partial charge in [-0.15, -0.1) is 6.58 Å². The first-order chi connectivity index (χ1) is 13.2.